The summed E-state index contributed by atoms with van der Waals surface area (Å²) in [5.41, 5.74) is 2.56. The second-order valence-electron chi connectivity index (χ2n) is 32.7. The van der Waals surface area contributed by atoms with Gasteiger partial charge in [0.05, 0.1) is 113 Å². The van der Waals surface area contributed by atoms with Gasteiger partial charge in [-0.2, -0.15) is 0 Å². The number of nitrogens with zero attached hydrogens (tertiary/aromatic N) is 1. The van der Waals surface area contributed by atoms with E-state index in [1.165, 1.54) is 4.90 Å². The van der Waals surface area contributed by atoms with Crippen molar-refractivity contribution in [2.75, 3.05) is 20.3 Å². The van der Waals surface area contributed by atoms with E-state index in [0.29, 0.717) is 43.2 Å². The number of sulfone groups is 1. The van der Waals surface area contributed by atoms with Gasteiger partial charge in [-0.3, -0.25) is 14.5 Å². The molecule has 0 aromatic heterocycles. The fourth-order valence-electron chi connectivity index (χ4n) is 14.4. The number of rotatable bonds is 27. The molecule has 0 spiro atoms. The van der Waals surface area contributed by atoms with Gasteiger partial charge in [0.2, 0.25) is 0 Å². The molecule has 2 amide bonds. The summed E-state index contributed by atoms with van der Waals surface area (Å²) < 4.78 is 98.5. The average molecular weight is 1490 g/mol. The Morgan fingerprint density at radius 3 is 1.90 bits per heavy atom. The minimum Gasteiger partial charge on any atom is -0.412 e. The average Bonchev–Trinajstić information content (AvgIpc) is 1.35. The van der Waals surface area contributed by atoms with Gasteiger partial charge in [-0.15, -0.1) is 0 Å². The van der Waals surface area contributed by atoms with Crippen molar-refractivity contribution in [1.82, 2.24) is 4.90 Å². The molecule has 94 heavy (non-hydrogen) atoms. The third-order valence-electron chi connectivity index (χ3n) is 23.0. The van der Waals surface area contributed by atoms with Crippen molar-refractivity contribution in [3.05, 3.63) is 100 Å². The first-order chi connectivity index (χ1) is 43.7. The fourth-order valence-corrected chi connectivity index (χ4v) is 20.9. The Morgan fingerprint density at radius 2 is 1.32 bits per heavy atom. The molecule has 6 heterocycles. The fraction of sp³-hybridized carbons (Fsp3) is 0.726. The number of carbonyl (C=O) groups excluding carboxylic acids is 2. The van der Waals surface area contributed by atoms with Crippen molar-refractivity contribution < 1.29 is 69.9 Å². The van der Waals surface area contributed by atoms with Crippen LogP contribution < -0.4 is 0 Å². The standard InChI is InChI=1S/C73H116INO15SSi3/c1-45-39-50(32-34-57-46(2)40-49(83-57)27-26-38-76)84-60(47(45)3)43-61-63(66(82-14)62(86-61)42-52(88-92(15,16)71(5,6)7)44-75-69(78)54-30-24-25-31-55(54)70(75)79)68(91(80,81)53-28-22-21-23-29-53)56(77)41-51-33-35-58-64(85-51)48(4)65(90-94(19,20)73(11,12)13)67(87-58)59(36-37-74)89-93(17,18)72(8,9)10/h21-25,28-31,36-37,45,48-52,56-68,76-77H,2-3,26-27,32-35,38-44H2,1,4-20H3/b37-36+/t45-,48+,49+,50+,51?,52+,56?,57?,58+,59+,60?,61+,62?,63+,64-,65+,66+,67?,68?/m1/s1. The first kappa shape index (κ1) is 77.4. The van der Waals surface area contributed by atoms with Crippen molar-refractivity contribution in [2.24, 2.45) is 17.8 Å². The van der Waals surface area contributed by atoms with Crippen LogP contribution in [0.25, 0.3) is 0 Å². The van der Waals surface area contributed by atoms with E-state index in [9.17, 15) is 19.8 Å². The summed E-state index contributed by atoms with van der Waals surface area (Å²) in [6.07, 6.45) is -0.678. The van der Waals surface area contributed by atoms with Crippen LogP contribution in [0.3, 0.4) is 0 Å². The van der Waals surface area contributed by atoms with E-state index in [1.807, 2.05) is 4.08 Å². The third-order valence-corrected chi connectivity index (χ3v) is 39.1. The predicted octanol–water partition coefficient (Wildman–Crippen LogP) is 14.7. The minimum absolute atomic E-state index is 0.0176. The van der Waals surface area contributed by atoms with Crippen LogP contribution in [0.15, 0.2) is 94.0 Å². The second-order valence-corrected chi connectivity index (χ2v) is 49.8. The molecule has 21 heteroatoms. The lowest BCUT2D eigenvalue weighted by molar-refractivity contribution is -0.253. The molecule has 6 aliphatic rings. The Morgan fingerprint density at radius 1 is 0.723 bits per heavy atom. The van der Waals surface area contributed by atoms with Crippen LogP contribution in [-0.4, -0.2) is 177 Å². The van der Waals surface area contributed by atoms with E-state index in [1.54, 1.807) is 61.7 Å². The third kappa shape index (κ3) is 17.3. The highest BCUT2D eigenvalue weighted by Crippen LogP contribution is 2.50. The van der Waals surface area contributed by atoms with Crippen molar-refractivity contribution in [1.29, 1.82) is 0 Å². The Kier molecular flexibility index (Phi) is 25.4. The lowest BCUT2D eigenvalue weighted by Gasteiger charge is -2.54. The van der Waals surface area contributed by atoms with Gasteiger partial charge in [-0.1, -0.05) is 142 Å². The molecule has 0 radical (unpaired) electrons. The van der Waals surface area contributed by atoms with Gasteiger partial charge in [0, 0.05) is 44.8 Å². The van der Waals surface area contributed by atoms with Gasteiger partial charge in [-0.25, -0.2) is 8.42 Å². The minimum atomic E-state index is -4.45. The van der Waals surface area contributed by atoms with Gasteiger partial charge < -0.3 is 51.9 Å². The van der Waals surface area contributed by atoms with E-state index in [0.717, 1.165) is 30.4 Å². The van der Waals surface area contributed by atoms with Crippen molar-refractivity contribution in [3.63, 3.8) is 0 Å². The van der Waals surface area contributed by atoms with Crippen LogP contribution in [-0.2, 0) is 51.5 Å². The van der Waals surface area contributed by atoms with E-state index in [-0.39, 0.29) is 94.8 Å². The molecule has 0 bridgehead atoms. The molecule has 2 aromatic carbocycles. The number of aliphatic hydroxyl groups is 2. The topological polar surface area (TPSA) is 195 Å². The van der Waals surface area contributed by atoms with E-state index < -0.39 is 119 Å². The molecular formula is C73H116INO15SSi3. The van der Waals surface area contributed by atoms with Crippen molar-refractivity contribution >= 4 is 69.2 Å². The molecule has 5 fully saturated rings. The molecule has 19 atom stereocenters. The lowest BCUT2D eigenvalue weighted by Crippen LogP contribution is -2.64. The maximum Gasteiger partial charge on any atom is 0.261 e. The zero-order valence-corrected chi connectivity index (χ0v) is 65.8. The summed E-state index contributed by atoms with van der Waals surface area (Å²) in [5, 5.41) is 21.0. The molecule has 0 aliphatic carbocycles. The van der Waals surface area contributed by atoms with Gasteiger partial charge in [0.1, 0.15) is 6.10 Å². The molecule has 2 N–H and O–H groups in total. The predicted molar refractivity (Wildman–Crippen MR) is 387 cm³/mol. The Bertz CT molecular complexity index is 3040. The molecule has 6 aliphatic heterocycles. The highest BCUT2D eigenvalue weighted by atomic mass is 127. The van der Waals surface area contributed by atoms with E-state index >= 15 is 8.42 Å². The molecular weight excluding hydrogens is 1370 g/mol. The molecule has 5 saturated heterocycles. The Labute approximate surface area is 581 Å². The van der Waals surface area contributed by atoms with Crippen LogP contribution in [0, 0.1) is 17.8 Å². The van der Waals surface area contributed by atoms with Crippen LogP contribution in [0.1, 0.15) is 168 Å². The largest absolute Gasteiger partial charge is 0.412 e. The first-order valence-corrected chi connectivity index (χ1v) is 46.3. The first-order valence-electron chi connectivity index (χ1n) is 34.8. The molecule has 8 rings (SSSR count). The number of ether oxygens (including phenoxy) is 6. The lowest BCUT2D eigenvalue weighted by atomic mass is 9.80. The Balaban J connectivity index is 1.16. The van der Waals surface area contributed by atoms with Gasteiger partial charge in [0.25, 0.3) is 11.8 Å². The number of benzene rings is 2. The number of hydrogen-bond donors (Lipinski definition) is 2. The number of fused-ring (bicyclic) bond motifs is 2. The molecule has 16 nitrogen and oxygen atoms in total. The number of methoxy groups -OCH3 is 1. The molecule has 0 saturated carbocycles. The van der Waals surface area contributed by atoms with Gasteiger partial charge in [0.15, 0.2) is 34.8 Å². The monoisotopic (exact) mass is 1490 g/mol. The molecule has 7 unspecified atom stereocenters. The number of carbonyl (C=O) groups is 2. The number of hydrogen-bond acceptors (Lipinski definition) is 15. The summed E-state index contributed by atoms with van der Waals surface area (Å²) >= 11 is 2.27. The zero-order valence-electron chi connectivity index (χ0n) is 59.9. The smallest absolute Gasteiger partial charge is 0.261 e. The quantitative estimate of drug-likeness (QED) is 0.0371. The number of aliphatic hydroxyl groups excluding tert-OH is 2. The Hall–Kier alpha value is -2.31. The number of halogens is 1. The summed E-state index contributed by atoms with van der Waals surface area (Å²) in [4.78, 5) is 29.8. The van der Waals surface area contributed by atoms with Gasteiger partial charge in [-0.05, 0) is 157 Å². The van der Waals surface area contributed by atoms with Crippen LogP contribution in [0.5, 0.6) is 0 Å². The molecule has 528 valence electrons. The van der Waals surface area contributed by atoms with E-state index in [2.05, 4.69) is 157 Å². The highest BCUT2D eigenvalue weighted by Gasteiger charge is 2.59. The highest BCUT2D eigenvalue weighted by molar-refractivity contribution is 14.1. The van der Waals surface area contributed by atoms with E-state index in [4.69, 9.17) is 41.7 Å². The van der Waals surface area contributed by atoms with Crippen molar-refractivity contribution in [2.45, 2.75) is 303 Å². The number of imide groups is 1. The summed E-state index contributed by atoms with van der Waals surface area (Å²) in [6, 6.07) is 15.2. The van der Waals surface area contributed by atoms with Gasteiger partial charge >= 0.3 is 0 Å². The summed E-state index contributed by atoms with van der Waals surface area (Å²) in [6.45, 7) is 46.6. The summed E-state index contributed by atoms with van der Waals surface area (Å²) in [5.74, 6) is -1.98. The SMILES string of the molecule is C=C1C[C@H](CCCO)OC1CC[C@H]1C[C@@H](C)C(=C)C(C[C@@H]2OC(C[C@@H](CN3C(=O)c4ccccc4C3=O)O[Si](C)(C)C(C)(C)C)[C@H](OC)[C@H]2C(C(O)CC2CC[C@@H]3OC([C@H](/C=C/I)O[Si](C)(C)C(C)(C)C)[C@@H](O[Si](C)(C)C(C)(C)C)[C@@H](C)[C@H]3O2)S(=O)(=O)c2ccccc2)O1. The van der Waals surface area contributed by atoms with Crippen LogP contribution in [0.2, 0.25) is 54.4 Å². The number of amides is 2. The zero-order chi connectivity index (χ0) is 69.4. The second kappa shape index (κ2) is 30.9. The van der Waals surface area contributed by atoms with Crippen LogP contribution >= 0.6 is 22.6 Å². The van der Waals surface area contributed by atoms with Crippen molar-refractivity contribution in [3.8, 4) is 0 Å². The molecule has 2 aromatic rings. The maximum absolute atomic E-state index is 16.1. The maximum atomic E-state index is 16.1. The summed E-state index contributed by atoms with van der Waals surface area (Å²) in [7, 11) is -10.4. The van der Waals surface area contributed by atoms with Crippen LogP contribution in [0.4, 0.5) is 0 Å². The normalized spacial score (nSPS) is 31.5.